The minimum absolute atomic E-state index is 0.144. The zero-order valence-electron chi connectivity index (χ0n) is 21.0. The van der Waals surface area contributed by atoms with Gasteiger partial charge >= 0.3 is 0 Å². The Hall–Kier alpha value is -3.73. The minimum Gasteiger partial charge on any atom is -0.508 e. The summed E-state index contributed by atoms with van der Waals surface area (Å²) in [5, 5.41) is 13.4. The summed E-state index contributed by atoms with van der Waals surface area (Å²) in [7, 11) is 3.75. The molecule has 0 spiro atoms. The lowest BCUT2D eigenvalue weighted by atomic mass is 10.1. The lowest BCUT2D eigenvalue weighted by molar-refractivity contribution is 0.144. The highest BCUT2D eigenvalue weighted by atomic mass is 19.1. The molecule has 2 aromatic carbocycles. The number of rotatable bonds is 9. The van der Waals surface area contributed by atoms with Crippen molar-refractivity contribution in [2.75, 3.05) is 58.9 Å². The molecule has 37 heavy (non-hydrogen) atoms. The number of hydrogen-bond donors (Lipinski definition) is 3. The van der Waals surface area contributed by atoms with Crippen molar-refractivity contribution in [3.05, 3.63) is 60.0 Å². The first-order valence-corrected chi connectivity index (χ1v) is 12.3. The first-order chi connectivity index (χ1) is 18.0. The number of phenolic OH excluding ortho intramolecular Hbond substituents is 1. The first-order valence-electron chi connectivity index (χ1n) is 12.3. The maximum Gasteiger partial charge on any atom is 0.232 e. The number of benzene rings is 2. The fourth-order valence-electron chi connectivity index (χ4n) is 4.40. The highest BCUT2D eigenvalue weighted by molar-refractivity contribution is 5.98. The topological polar surface area (TPSA) is 98.8 Å². The number of ether oxygens (including phenoxy) is 2. The number of aromatic amines is 1. The summed E-state index contributed by atoms with van der Waals surface area (Å²) in [6.07, 6.45) is 1.66. The Labute approximate surface area is 214 Å². The van der Waals surface area contributed by atoms with Gasteiger partial charge in [-0.3, -0.25) is 4.90 Å². The van der Waals surface area contributed by atoms with Crippen LogP contribution in [-0.4, -0.2) is 83.4 Å². The molecule has 3 heterocycles. The molecule has 3 N–H and O–H groups in total. The highest BCUT2D eigenvalue weighted by Crippen LogP contribution is 2.36. The lowest BCUT2D eigenvalue weighted by Crippen LogP contribution is -2.43. The van der Waals surface area contributed by atoms with Crippen molar-refractivity contribution in [3.63, 3.8) is 0 Å². The lowest BCUT2D eigenvalue weighted by Gasteiger charge is -2.32. The fraction of sp³-hybridized carbons (Fsp3) is 0.333. The summed E-state index contributed by atoms with van der Waals surface area (Å²) < 4.78 is 25.7. The van der Waals surface area contributed by atoms with Crippen LogP contribution in [0, 0.1) is 5.82 Å². The maximum atomic E-state index is 14.7. The number of nitrogens with zero attached hydrogens (tertiary/aromatic N) is 4. The number of aromatic nitrogens is 3. The van der Waals surface area contributed by atoms with Gasteiger partial charge in [-0.2, -0.15) is 9.97 Å². The Balaban J connectivity index is 1.39. The second-order valence-corrected chi connectivity index (χ2v) is 9.19. The summed E-state index contributed by atoms with van der Waals surface area (Å²) in [4.78, 5) is 17.1. The zero-order chi connectivity index (χ0) is 25.8. The summed E-state index contributed by atoms with van der Waals surface area (Å²) in [6.45, 7) is 5.89. The first kappa shape index (κ1) is 24.9. The highest BCUT2D eigenvalue weighted by Gasteiger charge is 2.19. The number of methoxy groups -OCH3 is 1. The molecule has 1 aliphatic rings. The number of anilines is 2. The van der Waals surface area contributed by atoms with Crippen molar-refractivity contribution in [2.24, 2.45) is 0 Å². The van der Waals surface area contributed by atoms with Crippen molar-refractivity contribution in [1.82, 2.24) is 24.8 Å². The van der Waals surface area contributed by atoms with E-state index < -0.39 is 5.82 Å². The number of piperazine rings is 1. The van der Waals surface area contributed by atoms with Crippen LogP contribution >= 0.6 is 0 Å². The van der Waals surface area contributed by atoms with E-state index in [0.717, 1.165) is 44.5 Å². The zero-order valence-corrected chi connectivity index (χ0v) is 21.0. The molecule has 0 unspecified atom stereocenters. The molecule has 0 bridgehead atoms. The Morgan fingerprint density at radius 2 is 1.81 bits per heavy atom. The monoisotopic (exact) mass is 506 g/mol. The van der Waals surface area contributed by atoms with Crippen molar-refractivity contribution < 1.29 is 19.0 Å². The van der Waals surface area contributed by atoms with Gasteiger partial charge in [0.05, 0.1) is 12.0 Å². The number of aromatic hydroxyl groups is 1. The second kappa shape index (κ2) is 11.1. The average molecular weight is 507 g/mol. The molecule has 1 fully saturated rings. The van der Waals surface area contributed by atoms with E-state index in [-0.39, 0.29) is 12.4 Å². The molecule has 1 aliphatic heterocycles. The van der Waals surface area contributed by atoms with E-state index in [4.69, 9.17) is 9.47 Å². The summed E-state index contributed by atoms with van der Waals surface area (Å²) in [5.41, 5.74) is 3.44. The third-order valence-corrected chi connectivity index (χ3v) is 6.48. The predicted molar refractivity (Wildman–Crippen MR) is 141 cm³/mol. The van der Waals surface area contributed by atoms with E-state index in [9.17, 15) is 9.50 Å². The van der Waals surface area contributed by atoms with Crippen molar-refractivity contribution in [3.8, 4) is 22.8 Å². The van der Waals surface area contributed by atoms with E-state index in [1.54, 1.807) is 13.3 Å². The number of fused-ring (bicyclic) bond motifs is 1. The van der Waals surface area contributed by atoms with Crippen LogP contribution in [0.15, 0.2) is 48.7 Å². The quantitative estimate of drug-likeness (QED) is 0.293. The van der Waals surface area contributed by atoms with Crippen molar-refractivity contribution in [2.45, 2.75) is 6.54 Å². The number of H-pyrrole nitrogens is 1. The molecule has 0 aliphatic carbocycles. The number of likely N-dealkylation sites (N-methyl/N-ethyl adjacent to an activating group) is 1. The summed E-state index contributed by atoms with van der Waals surface area (Å²) in [6, 6.07) is 12.3. The van der Waals surface area contributed by atoms with Crippen molar-refractivity contribution >= 4 is 22.7 Å². The summed E-state index contributed by atoms with van der Waals surface area (Å²) in [5.74, 6) is -0.0381. The van der Waals surface area contributed by atoms with Gasteiger partial charge in [-0.25, -0.2) is 4.39 Å². The molecule has 9 nitrogen and oxygen atoms in total. The molecule has 0 radical (unpaired) electrons. The Morgan fingerprint density at radius 3 is 2.54 bits per heavy atom. The number of hydrogen-bond acceptors (Lipinski definition) is 8. The molecule has 0 saturated carbocycles. The predicted octanol–water partition coefficient (Wildman–Crippen LogP) is 3.99. The van der Waals surface area contributed by atoms with E-state index in [1.807, 2.05) is 12.1 Å². The van der Waals surface area contributed by atoms with Gasteiger partial charge in [0.25, 0.3) is 0 Å². The van der Waals surface area contributed by atoms with E-state index in [1.165, 1.54) is 17.7 Å². The normalized spacial score (nSPS) is 14.8. The second-order valence-electron chi connectivity index (χ2n) is 9.19. The molecule has 194 valence electrons. The van der Waals surface area contributed by atoms with Crippen LogP contribution in [-0.2, 0) is 11.3 Å². The molecule has 4 aromatic rings. The van der Waals surface area contributed by atoms with Crippen LogP contribution in [0.1, 0.15) is 5.56 Å². The van der Waals surface area contributed by atoms with Gasteiger partial charge in [0.15, 0.2) is 0 Å². The number of phenols is 1. The molecule has 2 aromatic heterocycles. The van der Waals surface area contributed by atoms with Gasteiger partial charge < -0.3 is 29.8 Å². The van der Waals surface area contributed by atoms with Crippen LogP contribution in [0.5, 0.6) is 11.6 Å². The third kappa shape index (κ3) is 5.82. The molecule has 10 heteroatoms. The molecular formula is C27H31FN6O3. The van der Waals surface area contributed by atoms with Crippen molar-refractivity contribution in [1.29, 1.82) is 0 Å². The van der Waals surface area contributed by atoms with E-state index >= 15 is 0 Å². The van der Waals surface area contributed by atoms with Gasteiger partial charge in [0, 0.05) is 68.9 Å². The average Bonchev–Trinajstić information content (AvgIpc) is 3.31. The molecule has 1 saturated heterocycles. The number of nitrogens with one attached hydrogen (secondary N) is 2. The van der Waals surface area contributed by atoms with Crippen LogP contribution < -0.4 is 10.1 Å². The molecule has 0 amide bonds. The Kier molecular flexibility index (Phi) is 7.50. The standard InChI is InChI=1S/C27H31FN6O3/c1-33-9-11-34(12-10-33)17-18-3-5-19(6-4-18)30-27-31-25-24(26(32-27)37-14-13-36-2)22(16-29-25)21-8-7-20(35)15-23(21)28/h3-8,15-16,35H,9-14,17H2,1-2H3,(H2,29,30,31,32). The largest absolute Gasteiger partial charge is 0.508 e. The van der Waals surface area contributed by atoms with Gasteiger partial charge in [0.1, 0.15) is 23.8 Å². The van der Waals surface area contributed by atoms with Gasteiger partial charge in [-0.15, -0.1) is 0 Å². The van der Waals surface area contributed by atoms with Crippen LogP contribution in [0.4, 0.5) is 16.0 Å². The van der Waals surface area contributed by atoms with Crippen LogP contribution in [0.2, 0.25) is 0 Å². The van der Waals surface area contributed by atoms with Gasteiger partial charge in [-0.05, 0) is 36.9 Å². The van der Waals surface area contributed by atoms with E-state index in [2.05, 4.69) is 49.2 Å². The van der Waals surface area contributed by atoms with Crippen LogP contribution in [0.3, 0.4) is 0 Å². The maximum absolute atomic E-state index is 14.7. The Bertz CT molecular complexity index is 1350. The minimum atomic E-state index is -0.553. The van der Waals surface area contributed by atoms with Crippen LogP contribution in [0.25, 0.3) is 22.2 Å². The SMILES string of the molecule is COCCOc1nc(Nc2ccc(CN3CCN(C)CC3)cc2)nc2[nH]cc(-c3ccc(O)cc3F)c12. The van der Waals surface area contributed by atoms with Gasteiger partial charge in [-0.1, -0.05) is 12.1 Å². The molecule has 0 atom stereocenters. The Morgan fingerprint density at radius 1 is 1.03 bits per heavy atom. The molecule has 5 rings (SSSR count). The van der Waals surface area contributed by atoms with Gasteiger partial charge in [0.2, 0.25) is 11.8 Å². The summed E-state index contributed by atoms with van der Waals surface area (Å²) >= 11 is 0. The fourth-order valence-corrected chi connectivity index (χ4v) is 4.40. The third-order valence-electron chi connectivity index (χ3n) is 6.48. The molecular weight excluding hydrogens is 475 g/mol. The smallest absolute Gasteiger partial charge is 0.232 e. The van der Waals surface area contributed by atoms with E-state index in [0.29, 0.717) is 40.6 Å². The number of halogens is 1.